The molecule has 0 aromatic heterocycles. The van der Waals surface area contributed by atoms with Crippen LogP contribution in [0.25, 0.3) is 0 Å². The molecule has 24 heavy (non-hydrogen) atoms. The van der Waals surface area contributed by atoms with E-state index in [0.717, 1.165) is 11.1 Å². The maximum Gasteiger partial charge on any atom is 1.00 e. The first-order chi connectivity index (χ1) is 11.1. The molecule has 0 fully saturated rings. The second-order valence-electron chi connectivity index (χ2n) is 4.80. The predicted molar refractivity (Wildman–Crippen MR) is 88.6 cm³/mol. The Balaban J connectivity index is 0.00000288. The van der Waals surface area contributed by atoms with Crippen LogP contribution < -0.4 is 28.2 Å². The minimum atomic E-state index is -0.691. The number of hydrogen-bond donors (Lipinski definition) is 3. The van der Waals surface area contributed by atoms with Crippen LogP contribution in [0.5, 0.6) is 5.75 Å². The van der Waals surface area contributed by atoms with Crippen LogP contribution in [0, 0.1) is 5.41 Å². The zero-order chi connectivity index (χ0) is 16.7. The predicted octanol–water partition coefficient (Wildman–Crippen LogP) is -0.478. The Morgan fingerprint density at radius 1 is 1.21 bits per heavy atom. The zero-order valence-electron chi connectivity index (χ0n) is 14.2. The van der Waals surface area contributed by atoms with Gasteiger partial charge in [-0.3, -0.25) is 10.7 Å². The summed E-state index contributed by atoms with van der Waals surface area (Å²) < 4.78 is 10.3. The van der Waals surface area contributed by atoms with Gasteiger partial charge < -0.3 is 27.6 Å². The molecule has 0 spiro atoms. The first-order valence-electron chi connectivity index (χ1n) is 7.07. The SMILES string of the molecule is COc1cc(CN)ccc1C(=N)NC(=O)OCc1ccccc1.[Cl-].[H+]. The van der Waals surface area contributed by atoms with E-state index < -0.39 is 6.09 Å². The number of benzene rings is 2. The molecule has 4 N–H and O–H groups in total. The minimum absolute atomic E-state index is 0. The monoisotopic (exact) mass is 349 g/mol. The molecule has 0 radical (unpaired) electrons. The highest BCUT2D eigenvalue weighted by atomic mass is 35.5. The van der Waals surface area contributed by atoms with Crippen molar-refractivity contribution in [2.75, 3.05) is 7.11 Å². The lowest BCUT2D eigenvalue weighted by Crippen LogP contribution is -3.00. The van der Waals surface area contributed by atoms with Crippen LogP contribution in [0.4, 0.5) is 4.79 Å². The fourth-order valence-corrected chi connectivity index (χ4v) is 2.00. The number of carbonyl (C=O) groups excluding carboxylic acids is 1. The van der Waals surface area contributed by atoms with E-state index in [9.17, 15) is 4.79 Å². The standard InChI is InChI=1S/C17H19N3O3.ClH/c1-22-15-9-13(10-18)7-8-14(15)16(19)20-17(21)23-11-12-5-3-2-4-6-12;/h2-9H,10-11,18H2,1H3,(H2,19,20,21);1H. The highest BCUT2D eigenvalue weighted by Gasteiger charge is 2.13. The maximum atomic E-state index is 11.8. The highest BCUT2D eigenvalue weighted by Crippen LogP contribution is 2.20. The fourth-order valence-electron chi connectivity index (χ4n) is 2.00. The Bertz CT molecular complexity index is 699. The minimum Gasteiger partial charge on any atom is -1.00 e. The van der Waals surface area contributed by atoms with Crippen molar-refractivity contribution in [2.45, 2.75) is 13.2 Å². The normalized spacial score (nSPS) is 9.58. The van der Waals surface area contributed by atoms with E-state index in [0.29, 0.717) is 17.9 Å². The van der Waals surface area contributed by atoms with E-state index in [1.54, 1.807) is 18.2 Å². The van der Waals surface area contributed by atoms with E-state index in [4.69, 9.17) is 20.6 Å². The van der Waals surface area contributed by atoms with Crippen LogP contribution in [0.2, 0.25) is 0 Å². The summed E-state index contributed by atoms with van der Waals surface area (Å²) in [5.74, 6) is 0.379. The largest absolute Gasteiger partial charge is 1.00 e. The van der Waals surface area contributed by atoms with Gasteiger partial charge in [0.25, 0.3) is 0 Å². The van der Waals surface area contributed by atoms with Crippen LogP contribution in [0.15, 0.2) is 48.5 Å². The molecule has 0 aliphatic rings. The molecule has 0 saturated heterocycles. The molecule has 0 aliphatic carbocycles. The number of hydrogen-bond acceptors (Lipinski definition) is 5. The van der Waals surface area contributed by atoms with E-state index in [1.165, 1.54) is 7.11 Å². The average molecular weight is 350 g/mol. The van der Waals surface area contributed by atoms with Gasteiger partial charge in [0.2, 0.25) is 0 Å². The average Bonchev–Trinajstić information content (AvgIpc) is 2.60. The van der Waals surface area contributed by atoms with E-state index in [1.807, 2.05) is 30.3 Å². The van der Waals surface area contributed by atoms with Crippen molar-refractivity contribution in [3.8, 4) is 5.75 Å². The third-order valence-electron chi connectivity index (χ3n) is 3.21. The van der Waals surface area contributed by atoms with E-state index in [-0.39, 0.29) is 26.3 Å². The van der Waals surface area contributed by atoms with Crippen molar-refractivity contribution in [1.82, 2.24) is 5.32 Å². The molecule has 0 unspecified atom stereocenters. The number of alkyl carbamates (subject to hydrolysis) is 1. The molecule has 0 atom stereocenters. The number of ether oxygens (including phenoxy) is 2. The Morgan fingerprint density at radius 2 is 1.92 bits per heavy atom. The van der Waals surface area contributed by atoms with Crippen LogP contribution in [0.3, 0.4) is 0 Å². The van der Waals surface area contributed by atoms with Gasteiger partial charge in [0, 0.05) is 6.54 Å². The molecule has 2 aromatic carbocycles. The highest BCUT2D eigenvalue weighted by molar-refractivity contribution is 6.06. The van der Waals surface area contributed by atoms with Crippen molar-refractivity contribution in [3.63, 3.8) is 0 Å². The first kappa shape index (κ1) is 19.5. The molecule has 6 nitrogen and oxygen atoms in total. The van der Waals surface area contributed by atoms with E-state index >= 15 is 0 Å². The van der Waals surface area contributed by atoms with Crippen LogP contribution in [-0.2, 0) is 17.9 Å². The smallest absolute Gasteiger partial charge is 1.00 e. The topological polar surface area (TPSA) is 97.4 Å². The Kier molecular flexibility index (Phi) is 7.74. The third kappa shape index (κ3) is 5.26. The summed E-state index contributed by atoms with van der Waals surface area (Å²) in [4.78, 5) is 11.8. The van der Waals surface area contributed by atoms with Crippen LogP contribution in [0.1, 0.15) is 18.1 Å². The van der Waals surface area contributed by atoms with Crippen molar-refractivity contribution >= 4 is 11.9 Å². The quantitative estimate of drug-likeness (QED) is 0.502. The van der Waals surface area contributed by atoms with Gasteiger partial charge in [-0.1, -0.05) is 36.4 Å². The van der Waals surface area contributed by atoms with Crippen molar-refractivity contribution in [3.05, 3.63) is 65.2 Å². The van der Waals surface area contributed by atoms with Gasteiger partial charge in [-0.05, 0) is 23.3 Å². The lowest BCUT2D eigenvalue weighted by molar-refractivity contribution is -0.0000114. The summed E-state index contributed by atoms with van der Waals surface area (Å²) in [5.41, 5.74) is 7.79. The van der Waals surface area contributed by atoms with Gasteiger partial charge in [0.15, 0.2) is 0 Å². The maximum absolute atomic E-state index is 11.8. The Morgan fingerprint density at radius 3 is 2.54 bits per heavy atom. The number of amides is 1. The number of amidine groups is 1. The van der Waals surface area contributed by atoms with Gasteiger partial charge in [0.1, 0.15) is 18.2 Å². The molecule has 128 valence electrons. The number of rotatable bonds is 5. The number of methoxy groups -OCH3 is 1. The zero-order valence-corrected chi connectivity index (χ0v) is 14.0. The molecular weight excluding hydrogens is 330 g/mol. The summed E-state index contributed by atoms with van der Waals surface area (Å²) in [6, 6.07) is 14.5. The molecule has 7 heteroatoms. The number of carbonyl (C=O) groups is 1. The van der Waals surface area contributed by atoms with Crippen LogP contribution >= 0.6 is 0 Å². The second kappa shape index (κ2) is 9.54. The van der Waals surface area contributed by atoms with Crippen molar-refractivity contribution < 1.29 is 28.1 Å². The summed E-state index contributed by atoms with van der Waals surface area (Å²) in [6.07, 6.45) is -0.691. The Hall–Kier alpha value is -2.57. The lowest BCUT2D eigenvalue weighted by atomic mass is 10.1. The second-order valence-corrected chi connectivity index (χ2v) is 4.80. The first-order valence-corrected chi connectivity index (χ1v) is 7.07. The molecule has 0 bridgehead atoms. The number of halogens is 1. The molecule has 2 aromatic rings. The number of nitrogens with one attached hydrogen (secondary N) is 2. The fraction of sp³-hybridized carbons (Fsp3) is 0.176. The van der Waals surface area contributed by atoms with Gasteiger partial charge in [0.05, 0.1) is 12.7 Å². The summed E-state index contributed by atoms with van der Waals surface area (Å²) in [5, 5.41) is 10.4. The molecule has 2 rings (SSSR count). The lowest BCUT2D eigenvalue weighted by Gasteiger charge is -2.12. The summed E-state index contributed by atoms with van der Waals surface area (Å²) in [6.45, 7) is 0.514. The Labute approximate surface area is 148 Å². The van der Waals surface area contributed by atoms with Gasteiger partial charge in [-0.25, -0.2) is 4.79 Å². The molecule has 0 heterocycles. The van der Waals surface area contributed by atoms with Gasteiger partial charge in [-0.2, -0.15) is 0 Å². The molecular formula is C17H20ClN3O3. The summed E-state index contributed by atoms with van der Waals surface area (Å²) >= 11 is 0. The van der Waals surface area contributed by atoms with Crippen molar-refractivity contribution in [2.24, 2.45) is 5.73 Å². The number of nitrogens with two attached hydrogens (primary N) is 1. The van der Waals surface area contributed by atoms with Gasteiger partial charge in [-0.15, -0.1) is 0 Å². The van der Waals surface area contributed by atoms with E-state index in [2.05, 4.69) is 5.32 Å². The summed E-state index contributed by atoms with van der Waals surface area (Å²) in [7, 11) is 1.50. The third-order valence-corrected chi connectivity index (χ3v) is 3.21. The van der Waals surface area contributed by atoms with Gasteiger partial charge >= 0.3 is 7.52 Å². The molecule has 0 aliphatic heterocycles. The van der Waals surface area contributed by atoms with Crippen molar-refractivity contribution in [1.29, 1.82) is 5.41 Å². The van der Waals surface area contributed by atoms with Crippen LogP contribution in [-0.4, -0.2) is 19.0 Å². The molecule has 1 amide bonds. The molecule has 0 saturated carbocycles.